The molecule has 0 bridgehead atoms. The van der Waals surface area contributed by atoms with Gasteiger partial charge in [0.15, 0.2) is 0 Å². The van der Waals surface area contributed by atoms with Gasteiger partial charge in [0.1, 0.15) is 11.6 Å². The molecule has 0 aliphatic heterocycles. The predicted octanol–water partition coefficient (Wildman–Crippen LogP) is 2.56. The standard InChI is InChI=1S/C12H19N3/c1-3-11-7-12(15-9(2)14-11)13-8-10-5-4-6-10/h7,10H,3-6,8H2,1-2H3,(H,13,14,15). The molecular formula is C12H19N3. The first-order valence-electron chi connectivity index (χ1n) is 5.86. The van der Waals surface area contributed by atoms with E-state index in [0.717, 1.165) is 36.2 Å². The molecule has 1 aromatic rings. The van der Waals surface area contributed by atoms with E-state index in [1.807, 2.05) is 6.92 Å². The molecule has 1 heterocycles. The van der Waals surface area contributed by atoms with Crippen molar-refractivity contribution in [1.29, 1.82) is 0 Å². The molecule has 1 aromatic heterocycles. The maximum Gasteiger partial charge on any atom is 0.129 e. The molecule has 0 amide bonds. The highest BCUT2D eigenvalue weighted by atomic mass is 15.0. The second kappa shape index (κ2) is 4.60. The molecule has 2 rings (SSSR count). The van der Waals surface area contributed by atoms with E-state index < -0.39 is 0 Å². The largest absolute Gasteiger partial charge is 0.370 e. The fourth-order valence-corrected chi connectivity index (χ4v) is 1.85. The van der Waals surface area contributed by atoms with Crippen LogP contribution >= 0.6 is 0 Å². The minimum atomic E-state index is 0.866. The summed E-state index contributed by atoms with van der Waals surface area (Å²) >= 11 is 0. The van der Waals surface area contributed by atoms with Crippen LogP contribution in [0, 0.1) is 12.8 Å². The Morgan fingerprint density at radius 3 is 2.80 bits per heavy atom. The highest BCUT2D eigenvalue weighted by Gasteiger charge is 2.16. The summed E-state index contributed by atoms with van der Waals surface area (Å²) in [6, 6.07) is 2.06. The van der Waals surface area contributed by atoms with E-state index in [1.54, 1.807) is 0 Å². The fraction of sp³-hybridized carbons (Fsp3) is 0.667. The Balaban J connectivity index is 1.96. The molecule has 0 unspecified atom stereocenters. The summed E-state index contributed by atoms with van der Waals surface area (Å²) in [4.78, 5) is 8.75. The third-order valence-electron chi connectivity index (χ3n) is 3.05. The lowest BCUT2D eigenvalue weighted by atomic mass is 9.85. The second-order valence-corrected chi connectivity index (χ2v) is 4.32. The third-order valence-corrected chi connectivity index (χ3v) is 3.05. The molecule has 1 N–H and O–H groups in total. The first kappa shape index (κ1) is 10.4. The van der Waals surface area contributed by atoms with Crippen molar-refractivity contribution in [3.05, 3.63) is 17.6 Å². The van der Waals surface area contributed by atoms with E-state index in [9.17, 15) is 0 Å². The van der Waals surface area contributed by atoms with Crippen LogP contribution in [0.4, 0.5) is 5.82 Å². The van der Waals surface area contributed by atoms with Crippen molar-refractivity contribution in [1.82, 2.24) is 9.97 Å². The van der Waals surface area contributed by atoms with Crippen molar-refractivity contribution in [3.63, 3.8) is 0 Å². The topological polar surface area (TPSA) is 37.8 Å². The molecule has 1 aliphatic carbocycles. The van der Waals surface area contributed by atoms with Gasteiger partial charge in [-0.15, -0.1) is 0 Å². The van der Waals surface area contributed by atoms with Gasteiger partial charge < -0.3 is 5.32 Å². The van der Waals surface area contributed by atoms with Gasteiger partial charge in [-0.05, 0) is 32.1 Å². The fourth-order valence-electron chi connectivity index (χ4n) is 1.85. The van der Waals surface area contributed by atoms with Gasteiger partial charge in [0.05, 0.1) is 0 Å². The maximum atomic E-state index is 4.39. The zero-order valence-electron chi connectivity index (χ0n) is 9.58. The van der Waals surface area contributed by atoms with E-state index in [1.165, 1.54) is 19.3 Å². The van der Waals surface area contributed by atoms with E-state index >= 15 is 0 Å². The molecule has 0 saturated heterocycles. The molecule has 0 radical (unpaired) electrons. The van der Waals surface area contributed by atoms with Crippen LogP contribution in [0.15, 0.2) is 6.07 Å². The zero-order chi connectivity index (χ0) is 10.7. The van der Waals surface area contributed by atoms with Gasteiger partial charge in [0.2, 0.25) is 0 Å². The van der Waals surface area contributed by atoms with E-state index in [-0.39, 0.29) is 0 Å². The minimum absolute atomic E-state index is 0.866. The average molecular weight is 205 g/mol. The number of aryl methyl sites for hydroxylation is 2. The number of rotatable bonds is 4. The summed E-state index contributed by atoms with van der Waals surface area (Å²) in [5, 5.41) is 3.41. The van der Waals surface area contributed by atoms with Gasteiger partial charge in [-0.1, -0.05) is 13.3 Å². The Morgan fingerprint density at radius 2 is 2.20 bits per heavy atom. The highest BCUT2D eigenvalue weighted by molar-refractivity contribution is 5.36. The Hall–Kier alpha value is -1.12. The molecule has 0 spiro atoms. The lowest BCUT2D eigenvalue weighted by Crippen LogP contribution is -2.21. The van der Waals surface area contributed by atoms with E-state index in [0.29, 0.717) is 0 Å². The number of aromatic nitrogens is 2. The minimum Gasteiger partial charge on any atom is -0.370 e. The molecule has 1 saturated carbocycles. The van der Waals surface area contributed by atoms with Gasteiger partial charge in [0, 0.05) is 18.3 Å². The molecule has 82 valence electrons. The van der Waals surface area contributed by atoms with Gasteiger partial charge in [-0.25, -0.2) is 9.97 Å². The summed E-state index contributed by atoms with van der Waals surface area (Å²) in [6.45, 7) is 5.14. The molecule has 1 aliphatic rings. The SMILES string of the molecule is CCc1cc(NCC2CCC2)nc(C)n1. The van der Waals surface area contributed by atoms with Crippen LogP contribution in [-0.4, -0.2) is 16.5 Å². The number of nitrogens with one attached hydrogen (secondary N) is 1. The van der Waals surface area contributed by atoms with Crippen molar-refractivity contribution in [2.24, 2.45) is 5.92 Å². The zero-order valence-corrected chi connectivity index (χ0v) is 9.58. The van der Waals surface area contributed by atoms with Crippen molar-refractivity contribution >= 4 is 5.82 Å². The normalized spacial score (nSPS) is 16.1. The van der Waals surface area contributed by atoms with Crippen molar-refractivity contribution in [3.8, 4) is 0 Å². The van der Waals surface area contributed by atoms with E-state index in [2.05, 4.69) is 28.3 Å². The van der Waals surface area contributed by atoms with Crippen LogP contribution in [0.5, 0.6) is 0 Å². The monoisotopic (exact) mass is 205 g/mol. The first-order valence-corrected chi connectivity index (χ1v) is 5.86. The van der Waals surface area contributed by atoms with Crippen LogP contribution in [0.1, 0.15) is 37.7 Å². The third kappa shape index (κ3) is 2.67. The van der Waals surface area contributed by atoms with Gasteiger partial charge in [-0.3, -0.25) is 0 Å². The molecule has 0 atom stereocenters. The smallest absolute Gasteiger partial charge is 0.129 e. The number of nitrogens with zero attached hydrogens (tertiary/aromatic N) is 2. The highest BCUT2D eigenvalue weighted by Crippen LogP contribution is 2.26. The van der Waals surface area contributed by atoms with Crippen LogP contribution in [0.25, 0.3) is 0 Å². The van der Waals surface area contributed by atoms with Crippen LogP contribution in [0.2, 0.25) is 0 Å². The molecule has 3 heteroatoms. The number of hydrogen-bond acceptors (Lipinski definition) is 3. The van der Waals surface area contributed by atoms with Crippen molar-refractivity contribution in [2.45, 2.75) is 39.5 Å². The van der Waals surface area contributed by atoms with Crippen molar-refractivity contribution < 1.29 is 0 Å². The van der Waals surface area contributed by atoms with Gasteiger partial charge in [-0.2, -0.15) is 0 Å². The summed E-state index contributed by atoms with van der Waals surface area (Å²) in [5.41, 5.74) is 1.12. The summed E-state index contributed by atoms with van der Waals surface area (Å²) in [6.07, 6.45) is 5.12. The molecule has 15 heavy (non-hydrogen) atoms. The molecule has 1 fully saturated rings. The number of anilines is 1. The van der Waals surface area contributed by atoms with Gasteiger partial charge >= 0.3 is 0 Å². The summed E-state index contributed by atoms with van der Waals surface area (Å²) in [5.74, 6) is 2.72. The van der Waals surface area contributed by atoms with Crippen LogP contribution in [-0.2, 0) is 6.42 Å². The lowest BCUT2D eigenvalue weighted by Gasteiger charge is -2.25. The lowest BCUT2D eigenvalue weighted by molar-refractivity contribution is 0.333. The van der Waals surface area contributed by atoms with Crippen LogP contribution < -0.4 is 5.32 Å². The molecule has 3 nitrogen and oxygen atoms in total. The Morgan fingerprint density at radius 1 is 1.40 bits per heavy atom. The van der Waals surface area contributed by atoms with E-state index in [4.69, 9.17) is 0 Å². The Bertz CT molecular complexity index is 332. The molecular weight excluding hydrogens is 186 g/mol. The number of hydrogen-bond donors (Lipinski definition) is 1. The van der Waals surface area contributed by atoms with Crippen LogP contribution in [0.3, 0.4) is 0 Å². The van der Waals surface area contributed by atoms with Crippen molar-refractivity contribution in [2.75, 3.05) is 11.9 Å². The predicted molar refractivity (Wildman–Crippen MR) is 62.0 cm³/mol. The van der Waals surface area contributed by atoms with Gasteiger partial charge in [0.25, 0.3) is 0 Å². The average Bonchev–Trinajstić information content (AvgIpc) is 2.14. The second-order valence-electron chi connectivity index (χ2n) is 4.32. The maximum absolute atomic E-state index is 4.39. The molecule has 0 aromatic carbocycles. The first-order chi connectivity index (χ1) is 7.28. The Kier molecular flexibility index (Phi) is 3.19. The summed E-state index contributed by atoms with van der Waals surface area (Å²) < 4.78 is 0. The Labute approximate surface area is 91.3 Å². The summed E-state index contributed by atoms with van der Waals surface area (Å²) in [7, 11) is 0. The quantitative estimate of drug-likeness (QED) is 0.821.